The second-order valence-corrected chi connectivity index (χ2v) is 4.00. The van der Waals surface area contributed by atoms with E-state index in [4.69, 9.17) is 9.84 Å². The van der Waals surface area contributed by atoms with Crippen molar-refractivity contribution in [1.82, 2.24) is 0 Å². The molecule has 0 heterocycles. The van der Waals surface area contributed by atoms with Crippen molar-refractivity contribution in [1.29, 1.82) is 0 Å². The van der Waals surface area contributed by atoms with Crippen molar-refractivity contribution in [3.63, 3.8) is 0 Å². The molecule has 0 aliphatic heterocycles. The zero-order chi connectivity index (χ0) is 12.0. The Labute approximate surface area is 101 Å². The first-order chi connectivity index (χ1) is 7.63. The number of hydrogen-bond donors (Lipinski definition) is 1. The fourth-order valence-corrected chi connectivity index (χ4v) is 1.46. The molecule has 0 fully saturated rings. The molecule has 5 heteroatoms. The van der Waals surface area contributed by atoms with Crippen LogP contribution in [0.1, 0.15) is 23.2 Å². The normalized spacial score (nSPS) is 9.81. The summed E-state index contributed by atoms with van der Waals surface area (Å²) >= 11 is 3.23. The van der Waals surface area contributed by atoms with E-state index >= 15 is 0 Å². The highest BCUT2D eigenvalue weighted by Crippen LogP contribution is 2.21. The fraction of sp³-hybridized carbons (Fsp3) is 0.273. The van der Waals surface area contributed by atoms with Gasteiger partial charge in [-0.3, -0.25) is 9.59 Å². The van der Waals surface area contributed by atoms with Gasteiger partial charge in [-0.05, 0) is 24.6 Å². The first-order valence-corrected chi connectivity index (χ1v) is 5.52. The summed E-state index contributed by atoms with van der Waals surface area (Å²) < 4.78 is 6.02. The second kappa shape index (κ2) is 6.27. The van der Waals surface area contributed by atoms with E-state index in [9.17, 15) is 9.59 Å². The number of ether oxygens (including phenoxy) is 1. The quantitative estimate of drug-likeness (QED) is 0.645. The summed E-state index contributed by atoms with van der Waals surface area (Å²) in [6.07, 6.45) is 1.26. The minimum atomic E-state index is -0.840. The number of carboxylic acid groups (broad SMARTS) is 1. The van der Waals surface area contributed by atoms with Gasteiger partial charge < -0.3 is 9.84 Å². The van der Waals surface area contributed by atoms with Crippen LogP contribution in [0.3, 0.4) is 0 Å². The van der Waals surface area contributed by atoms with Crippen molar-refractivity contribution < 1.29 is 19.4 Å². The van der Waals surface area contributed by atoms with Crippen LogP contribution in [0, 0.1) is 0 Å². The van der Waals surface area contributed by atoms with Gasteiger partial charge in [-0.25, -0.2) is 0 Å². The molecule has 1 aromatic carbocycles. The van der Waals surface area contributed by atoms with Crippen molar-refractivity contribution in [2.75, 3.05) is 6.61 Å². The van der Waals surface area contributed by atoms with Crippen molar-refractivity contribution >= 4 is 28.2 Å². The molecule has 0 aliphatic carbocycles. The zero-order valence-corrected chi connectivity index (χ0v) is 10.1. The molecule has 1 N–H and O–H groups in total. The lowest BCUT2D eigenvalue weighted by atomic mass is 10.2. The average Bonchev–Trinajstić information content (AvgIpc) is 2.26. The molecule has 0 amide bonds. The van der Waals surface area contributed by atoms with E-state index in [1.807, 2.05) is 0 Å². The summed E-state index contributed by atoms with van der Waals surface area (Å²) in [5, 5.41) is 8.42. The van der Waals surface area contributed by atoms with Gasteiger partial charge in [0.1, 0.15) is 5.75 Å². The Morgan fingerprint density at radius 1 is 1.50 bits per heavy atom. The second-order valence-electron chi connectivity index (χ2n) is 3.15. The molecule has 0 aliphatic rings. The van der Waals surface area contributed by atoms with Crippen molar-refractivity contribution in [3.8, 4) is 5.75 Å². The van der Waals surface area contributed by atoms with Gasteiger partial charge in [-0.2, -0.15) is 0 Å². The summed E-state index contributed by atoms with van der Waals surface area (Å²) in [5.74, 6) is -0.274. The van der Waals surface area contributed by atoms with Crippen molar-refractivity contribution in [2.24, 2.45) is 0 Å². The maximum Gasteiger partial charge on any atom is 0.303 e. The van der Waals surface area contributed by atoms with Crippen molar-refractivity contribution in [2.45, 2.75) is 12.8 Å². The lowest BCUT2D eigenvalue weighted by Crippen LogP contribution is -2.02. The van der Waals surface area contributed by atoms with Crippen LogP contribution in [-0.2, 0) is 4.79 Å². The van der Waals surface area contributed by atoms with Gasteiger partial charge in [0.15, 0.2) is 6.29 Å². The van der Waals surface area contributed by atoms with Crippen LogP contribution in [0.4, 0.5) is 0 Å². The largest absolute Gasteiger partial charge is 0.494 e. The smallest absolute Gasteiger partial charge is 0.303 e. The lowest BCUT2D eigenvalue weighted by molar-refractivity contribution is -0.137. The number of halogens is 1. The molecule has 0 bridgehead atoms. The van der Waals surface area contributed by atoms with Crippen LogP contribution < -0.4 is 4.74 Å². The number of hydrogen-bond acceptors (Lipinski definition) is 3. The molecular formula is C11H11BrO4. The molecule has 0 saturated heterocycles. The van der Waals surface area contributed by atoms with E-state index in [0.717, 1.165) is 6.29 Å². The molecular weight excluding hydrogens is 276 g/mol. The molecule has 0 aromatic heterocycles. The minimum Gasteiger partial charge on any atom is -0.494 e. The van der Waals surface area contributed by atoms with Gasteiger partial charge in [-0.1, -0.05) is 15.9 Å². The van der Waals surface area contributed by atoms with E-state index in [-0.39, 0.29) is 6.42 Å². The van der Waals surface area contributed by atoms with E-state index in [1.165, 1.54) is 0 Å². The summed E-state index contributed by atoms with van der Waals surface area (Å²) in [6, 6.07) is 5.05. The topological polar surface area (TPSA) is 63.6 Å². The summed E-state index contributed by atoms with van der Waals surface area (Å²) in [5.41, 5.74) is 0.510. The predicted molar refractivity (Wildman–Crippen MR) is 61.9 cm³/mol. The monoisotopic (exact) mass is 286 g/mol. The zero-order valence-electron chi connectivity index (χ0n) is 8.48. The third kappa shape index (κ3) is 4.02. The Bertz CT molecular complexity index is 390. The molecule has 0 saturated carbocycles. The van der Waals surface area contributed by atoms with Gasteiger partial charge >= 0.3 is 5.97 Å². The van der Waals surface area contributed by atoms with Crippen molar-refractivity contribution in [3.05, 3.63) is 28.2 Å². The summed E-state index contributed by atoms with van der Waals surface area (Å²) in [4.78, 5) is 20.9. The Morgan fingerprint density at radius 3 is 2.88 bits per heavy atom. The molecule has 0 atom stereocenters. The fourth-order valence-electron chi connectivity index (χ4n) is 1.12. The highest BCUT2D eigenvalue weighted by molar-refractivity contribution is 9.10. The predicted octanol–water partition coefficient (Wildman–Crippen LogP) is 2.51. The third-order valence-electron chi connectivity index (χ3n) is 1.90. The molecule has 1 rings (SSSR count). The van der Waals surface area contributed by atoms with Crippen LogP contribution >= 0.6 is 15.9 Å². The van der Waals surface area contributed by atoms with Crippen LogP contribution in [0.15, 0.2) is 22.7 Å². The Morgan fingerprint density at radius 2 is 2.25 bits per heavy atom. The van der Waals surface area contributed by atoms with Gasteiger partial charge in [0, 0.05) is 16.5 Å². The Balaban J connectivity index is 2.48. The molecule has 16 heavy (non-hydrogen) atoms. The number of carbonyl (C=O) groups is 2. The number of carboxylic acids is 1. The molecule has 0 unspecified atom stereocenters. The number of rotatable bonds is 6. The Kier molecular flexibility index (Phi) is 4.98. The number of aldehydes is 1. The van der Waals surface area contributed by atoms with E-state index in [2.05, 4.69) is 15.9 Å². The Hall–Kier alpha value is -1.36. The van der Waals surface area contributed by atoms with Gasteiger partial charge in [0.25, 0.3) is 0 Å². The van der Waals surface area contributed by atoms with Crippen LogP contribution in [-0.4, -0.2) is 24.0 Å². The van der Waals surface area contributed by atoms with E-state index in [0.29, 0.717) is 28.8 Å². The highest BCUT2D eigenvalue weighted by atomic mass is 79.9. The third-order valence-corrected chi connectivity index (χ3v) is 2.62. The standard InChI is InChI=1S/C11H11BrO4/c12-10-4-3-9(6-8(10)7-13)16-5-1-2-11(14)15/h3-4,6-7H,1-2,5H2,(H,14,15). The highest BCUT2D eigenvalue weighted by Gasteiger charge is 2.02. The molecule has 0 spiro atoms. The van der Waals surface area contributed by atoms with Crippen LogP contribution in [0.5, 0.6) is 5.75 Å². The molecule has 4 nitrogen and oxygen atoms in total. The van der Waals surface area contributed by atoms with Gasteiger partial charge in [0.2, 0.25) is 0 Å². The van der Waals surface area contributed by atoms with E-state index < -0.39 is 5.97 Å². The maximum atomic E-state index is 10.6. The van der Waals surface area contributed by atoms with Crippen LogP contribution in [0.2, 0.25) is 0 Å². The first kappa shape index (κ1) is 12.7. The lowest BCUT2D eigenvalue weighted by Gasteiger charge is -2.06. The summed E-state index contributed by atoms with van der Waals surface area (Å²) in [7, 11) is 0. The number of aliphatic carboxylic acids is 1. The van der Waals surface area contributed by atoms with Gasteiger partial charge in [0.05, 0.1) is 6.61 Å². The molecule has 1 aromatic rings. The molecule has 0 radical (unpaired) electrons. The molecule has 86 valence electrons. The van der Waals surface area contributed by atoms with Crippen LogP contribution in [0.25, 0.3) is 0 Å². The minimum absolute atomic E-state index is 0.0804. The number of benzene rings is 1. The summed E-state index contributed by atoms with van der Waals surface area (Å²) in [6.45, 7) is 0.326. The van der Waals surface area contributed by atoms with E-state index in [1.54, 1.807) is 18.2 Å². The first-order valence-electron chi connectivity index (χ1n) is 4.73. The average molecular weight is 287 g/mol. The maximum absolute atomic E-state index is 10.6. The SMILES string of the molecule is O=Cc1cc(OCCCC(=O)O)ccc1Br. The number of carbonyl (C=O) groups excluding carboxylic acids is 1. The van der Waals surface area contributed by atoms with Gasteiger partial charge in [-0.15, -0.1) is 0 Å².